The lowest BCUT2D eigenvalue weighted by Gasteiger charge is -2.34. The van der Waals surface area contributed by atoms with E-state index in [4.69, 9.17) is 15.2 Å². The molecule has 0 spiro atoms. The van der Waals surface area contributed by atoms with Crippen molar-refractivity contribution in [3.63, 3.8) is 0 Å². The summed E-state index contributed by atoms with van der Waals surface area (Å²) in [6.07, 6.45) is 2.30. The first-order chi connectivity index (χ1) is 10.2. The summed E-state index contributed by atoms with van der Waals surface area (Å²) in [5, 5.41) is 0. The topological polar surface area (TPSA) is 64.8 Å². The minimum absolute atomic E-state index is 0.303. The number of nitrogens with two attached hydrogens (primary N) is 1. The zero-order valence-corrected chi connectivity index (χ0v) is 12.8. The Morgan fingerprint density at radius 1 is 1.29 bits per heavy atom. The van der Waals surface area contributed by atoms with Gasteiger partial charge < -0.3 is 20.1 Å². The Morgan fingerprint density at radius 2 is 2.00 bits per heavy atom. The summed E-state index contributed by atoms with van der Waals surface area (Å²) in [5.74, 6) is -0.303. The van der Waals surface area contributed by atoms with E-state index >= 15 is 0 Å². The first-order valence-corrected chi connectivity index (χ1v) is 7.58. The molecule has 2 rings (SSSR count). The van der Waals surface area contributed by atoms with Crippen LogP contribution in [0.25, 0.3) is 0 Å². The third-order valence-corrected chi connectivity index (χ3v) is 3.73. The highest BCUT2D eigenvalue weighted by Crippen LogP contribution is 2.28. The van der Waals surface area contributed by atoms with Crippen LogP contribution < -0.4 is 10.6 Å². The van der Waals surface area contributed by atoms with Crippen molar-refractivity contribution in [2.75, 3.05) is 36.9 Å². The summed E-state index contributed by atoms with van der Waals surface area (Å²) in [7, 11) is 0. The molecule has 1 aromatic rings. The molecule has 5 nitrogen and oxygen atoms in total. The van der Waals surface area contributed by atoms with Gasteiger partial charge in [-0.3, -0.25) is 0 Å². The summed E-state index contributed by atoms with van der Waals surface area (Å²) in [5.41, 5.74) is 8.22. The van der Waals surface area contributed by atoms with Crippen LogP contribution in [0.4, 0.5) is 11.4 Å². The Kier molecular flexibility index (Phi) is 5.44. The van der Waals surface area contributed by atoms with E-state index in [0.29, 0.717) is 24.0 Å². The number of carbonyl (C=O) groups excluding carboxylic acids is 1. The third kappa shape index (κ3) is 3.88. The number of carbonyl (C=O) groups is 1. The highest BCUT2D eigenvalue weighted by atomic mass is 16.5. The summed E-state index contributed by atoms with van der Waals surface area (Å²) >= 11 is 0. The van der Waals surface area contributed by atoms with Gasteiger partial charge in [-0.15, -0.1) is 0 Å². The second-order valence-corrected chi connectivity index (χ2v) is 5.14. The van der Waals surface area contributed by atoms with Crippen LogP contribution >= 0.6 is 0 Å². The van der Waals surface area contributed by atoms with E-state index in [1.54, 1.807) is 19.1 Å². The Labute approximate surface area is 126 Å². The van der Waals surface area contributed by atoms with Crippen molar-refractivity contribution in [3.8, 4) is 0 Å². The van der Waals surface area contributed by atoms with Gasteiger partial charge in [-0.25, -0.2) is 4.79 Å². The largest absolute Gasteiger partial charge is 0.462 e. The molecule has 0 unspecified atom stereocenters. The smallest absolute Gasteiger partial charge is 0.338 e. The Hall–Kier alpha value is -1.75. The Balaban J connectivity index is 2.09. The predicted octanol–water partition coefficient (Wildman–Crippen LogP) is 2.45. The minimum Gasteiger partial charge on any atom is -0.462 e. The maximum atomic E-state index is 11.8. The molecule has 1 aliphatic heterocycles. The van der Waals surface area contributed by atoms with Crippen molar-refractivity contribution in [2.45, 2.75) is 32.8 Å². The van der Waals surface area contributed by atoms with Gasteiger partial charge in [0.15, 0.2) is 0 Å². The molecule has 2 N–H and O–H groups in total. The molecule has 5 heteroatoms. The first kappa shape index (κ1) is 15.6. The van der Waals surface area contributed by atoms with Gasteiger partial charge in [0.2, 0.25) is 0 Å². The molecule has 0 aromatic heterocycles. The number of hydrogen-bond donors (Lipinski definition) is 1. The number of benzene rings is 1. The second-order valence-electron chi connectivity index (χ2n) is 5.14. The molecule has 0 bridgehead atoms. The summed E-state index contributed by atoms with van der Waals surface area (Å²) in [6, 6.07) is 5.31. The zero-order valence-electron chi connectivity index (χ0n) is 12.8. The number of anilines is 2. The van der Waals surface area contributed by atoms with Crippen LogP contribution in [0.15, 0.2) is 18.2 Å². The van der Waals surface area contributed by atoms with Gasteiger partial charge in [0, 0.05) is 19.7 Å². The van der Waals surface area contributed by atoms with Crippen LogP contribution in [0.2, 0.25) is 0 Å². The number of rotatable bonds is 5. The molecule has 0 saturated carbocycles. The number of esters is 1. The monoisotopic (exact) mass is 292 g/mol. The van der Waals surface area contributed by atoms with Crippen molar-refractivity contribution in [1.29, 1.82) is 0 Å². The maximum absolute atomic E-state index is 11.8. The fourth-order valence-corrected chi connectivity index (χ4v) is 2.66. The molecule has 21 heavy (non-hydrogen) atoms. The number of hydrogen-bond acceptors (Lipinski definition) is 5. The maximum Gasteiger partial charge on any atom is 0.338 e. The lowest BCUT2D eigenvalue weighted by molar-refractivity contribution is 0.0458. The van der Waals surface area contributed by atoms with Gasteiger partial charge in [-0.2, -0.15) is 0 Å². The van der Waals surface area contributed by atoms with Crippen LogP contribution in [-0.2, 0) is 9.47 Å². The second kappa shape index (κ2) is 7.31. The molecule has 0 atom stereocenters. The van der Waals surface area contributed by atoms with Gasteiger partial charge >= 0.3 is 5.97 Å². The minimum atomic E-state index is -0.303. The van der Waals surface area contributed by atoms with Crippen molar-refractivity contribution in [1.82, 2.24) is 0 Å². The van der Waals surface area contributed by atoms with Crippen molar-refractivity contribution in [2.24, 2.45) is 0 Å². The molecule has 0 amide bonds. The first-order valence-electron chi connectivity index (χ1n) is 7.58. The third-order valence-electron chi connectivity index (χ3n) is 3.73. The summed E-state index contributed by atoms with van der Waals surface area (Å²) in [6.45, 7) is 6.73. The molecule has 1 fully saturated rings. The van der Waals surface area contributed by atoms with Crippen LogP contribution in [-0.4, -0.2) is 38.4 Å². The lowest BCUT2D eigenvalue weighted by Crippen LogP contribution is -2.37. The number of nitrogens with zero attached hydrogens (tertiary/aromatic N) is 1. The molecule has 116 valence electrons. The van der Waals surface area contributed by atoms with Crippen molar-refractivity contribution in [3.05, 3.63) is 23.8 Å². The van der Waals surface area contributed by atoms with Crippen LogP contribution in [0.1, 0.15) is 37.0 Å². The van der Waals surface area contributed by atoms with E-state index in [0.717, 1.165) is 38.2 Å². The highest BCUT2D eigenvalue weighted by Gasteiger charge is 2.21. The van der Waals surface area contributed by atoms with E-state index < -0.39 is 0 Å². The van der Waals surface area contributed by atoms with E-state index in [2.05, 4.69) is 4.90 Å². The average molecular weight is 292 g/mol. The number of piperidine rings is 1. The van der Waals surface area contributed by atoms with Crippen molar-refractivity contribution < 1.29 is 14.3 Å². The fraction of sp³-hybridized carbons (Fsp3) is 0.562. The molecule has 1 saturated heterocycles. The zero-order chi connectivity index (χ0) is 15.2. The number of ether oxygens (including phenoxy) is 2. The fourth-order valence-electron chi connectivity index (χ4n) is 2.66. The van der Waals surface area contributed by atoms with E-state index in [1.807, 2.05) is 13.0 Å². The predicted molar refractivity (Wildman–Crippen MR) is 83.7 cm³/mol. The SMILES string of the molecule is CCOC(=O)c1ccc(N)c(N2CCC(OCC)CC2)c1. The summed E-state index contributed by atoms with van der Waals surface area (Å²) < 4.78 is 10.7. The van der Waals surface area contributed by atoms with Gasteiger partial charge in [0.25, 0.3) is 0 Å². The van der Waals surface area contributed by atoms with Gasteiger partial charge in [-0.1, -0.05) is 0 Å². The van der Waals surface area contributed by atoms with Gasteiger partial charge in [0.05, 0.1) is 29.6 Å². The van der Waals surface area contributed by atoms with E-state index in [1.165, 1.54) is 0 Å². The molecular weight excluding hydrogens is 268 g/mol. The average Bonchev–Trinajstić information content (AvgIpc) is 2.49. The lowest BCUT2D eigenvalue weighted by atomic mass is 10.1. The molecular formula is C16H24N2O3. The van der Waals surface area contributed by atoms with E-state index in [9.17, 15) is 4.79 Å². The van der Waals surface area contributed by atoms with Crippen LogP contribution in [0, 0.1) is 0 Å². The summed E-state index contributed by atoms with van der Waals surface area (Å²) in [4.78, 5) is 14.0. The van der Waals surface area contributed by atoms with Crippen LogP contribution in [0.5, 0.6) is 0 Å². The van der Waals surface area contributed by atoms with Gasteiger partial charge in [-0.05, 0) is 44.9 Å². The molecule has 0 aliphatic carbocycles. The Bertz CT molecular complexity index is 482. The quantitative estimate of drug-likeness (QED) is 0.667. The van der Waals surface area contributed by atoms with Gasteiger partial charge in [0.1, 0.15) is 0 Å². The van der Waals surface area contributed by atoms with E-state index in [-0.39, 0.29) is 5.97 Å². The molecule has 1 aliphatic rings. The van der Waals surface area contributed by atoms with Crippen molar-refractivity contribution >= 4 is 17.3 Å². The molecule has 1 heterocycles. The van der Waals surface area contributed by atoms with Crippen LogP contribution in [0.3, 0.4) is 0 Å². The normalized spacial score (nSPS) is 16.0. The Morgan fingerprint density at radius 3 is 2.62 bits per heavy atom. The number of nitrogen functional groups attached to an aromatic ring is 1. The molecule has 1 aromatic carbocycles. The highest BCUT2D eigenvalue weighted by molar-refractivity contribution is 5.92. The molecule has 0 radical (unpaired) electrons. The standard InChI is InChI=1S/C16H24N2O3/c1-3-20-13-7-9-18(10-8-13)15-11-12(5-6-14(15)17)16(19)21-4-2/h5-6,11,13H,3-4,7-10,17H2,1-2H3.